The summed E-state index contributed by atoms with van der Waals surface area (Å²) in [4.78, 5) is 11.6. The van der Waals surface area contributed by atoms with E-state index >= 15 is 0 Å². The Labute approximate surface area is 117 Å². The Morgan fingerprint density at radius 2 is 1.74 bits per heavy atom. The van der Waals surface area contributed by atoms with Crippen LogP contribution in [-0.2, 0) is 4.74 Å². The Bertz CT molecular complexity index is 276. The van der Waals surface area contributed by atoms with Gasteiger partial charge in [-0.1, -0.05) is 13.8 Å². The van der Waals surface area contributed by atoms with Crippen LogP contribution >= 0.6 is 0 Å². The summed E-state index contributed by atoms with van der Waals surface area (Å²) in [5, 5.41) is 15.5. The second kappa shape index (κ2) is 7.70. The fourth-order valence-corrected chi connectivity index (χ4v) is 1.39. The lowest BCUT2D eigenvalue weighted by molar-refractivity contribution is 0.0246. The van der Waals surface area contributed by atoms with E-state index in [1.165, 1.54) is 0 Å². The van der Waals surface area contributed by atoms with Crippen molar-refractivity contribution in [3.8, 4) is 0 Å². The molecule has 2 amide bonds. The minimum Gasteiger partial charge on any atom is -0.388 e. The molecule has 0 saturated heterocycles. The molecule has 0 fully saturated rings. The Kier molecular flexibility index (Phi) is 7.37. The smallest absolute Gasteiger partial charge is 0.314 e. The zero-order valence-corrected chi connectivity index (χ0v) is 13.2. The normalized spacial score (nSPS) is 15.2. The number of amides is 2. The summed E-state index contributed by atoms with van der Waals surface area (Å²) >= 11 is 0. The molecule has 0 saturated carbocycles. The van der Waals surface area contributed by atoms with Crippen molar-refractivity contribution in [1.29, 1.82) is 0 Å². The minimum absolute atomic E-state index is 0.249. The molecule has 0 aromatic rings. The van der Waals surface area contributed by atoms with Crippen LogP contribution in [0.4, 0.5) is 4.79 Å². The number of urea groups is 1. The lowest BCUT2D eigenvalue weighted by Crippen LogP contribution is -2.48. The summed E-state index contributed by atoms with van der Waals surface area (Å²) in [5.41, 5.74) is -1.25. The van der Waals surface area contributed by atoms with Crippen molar-refractivity contribution >= 4 is 6.03 Å². The monoisotopic (exact) mass is 274 g/mol. The molecule has 5 heteroatoms. The van der Waals surface area contributed by atoms with Gasteiger partial charge in [-0.15, -0.1) is 0 Å². The van der Waals surface area contributed by atoms with Gasteiger partial charge < -0.3 is 20.5 Å². The van der Waals surface area contributed by atoms with Crippen LogP contribution in [-0.4, -0.2) is 42.5 Å². The molecule has 0 aliphatic rings. The van der Waals surface area contributed by atoms with Crippen molar-refractivity contribution in [3.63, 3.8) is 0 Å². The summed E-state index contributed by atoms with van der Waals surface area (Å²) < 4.78 is 5.21. The summed E-state index contributed by atoms with van der Waals surface area (Å²) in [6.45, 7) is 10.4. The number of methoxy groups -OCH3 is 1. The van der Waals surface area contributed by atoms with Crippen LogP contribution in [0.3, 0.4) is 0 Å². The van der Waals surface area contributed by atoms with Crippen molar-refractivity contribution in [2.45, 2.75) is 58.7 Å². The Hall–Kier alpha value is -0.810. The summed E-state index contributed by atoms with van der Waals surface area (Å²) in [5.74, 6) is 0.544. The standard InChI is InChI=1S/C14H30N2O3/c1-11(2)7-8-14(5,18)10-16-12(17)15-9-13(3,4)19-6/h11,18H,7-10H2,1-6H3,(H2,15,16,17). The first-order valence-corrected chi connectivity index (χ1v) is 6.87. The molecular formula is C14H30N2O3. The van der Waals surface area contributed by atoms with Crippen molar-refractivity contribution in [2.75, 3.05) is 20.2 Å². The van der Waals surface area contributed by atoms with Gasteiger partial charge in [0.1, 0.15) is 0 Å². The highest BCUT2D eigenvalue weighted by atomic mass is 16.5. The molecule has 1 atom stereocenters. The number of rotatable bonds is 8. The van der Waals surface area contributed by atoms with E-state index in [-0.39, 0.29) is 12.6 Å². The zero-order chi connectivity index (χ0) is 15.1. The topological polar surface area (TPSA) is 70.6 Å². The van der Waals surface area contributed by atoms with Crippen LogP contribution in [0.25, 0.3) is 0 Å². The first-order valence-electron chi connectivity index (χ1n) is 6.87. The van der Waals surface area contributed by atoms with Crippen molar-refractivity contribution in [3.05, 3.63) is 0 Å². The van der Waals surface area contributed by atoms with Crippen molar-refractivity contribution in [1.82, 2.24) is 10.6 Å². The number of ether oxygens (including phenoxy) is 1. The van der Waals surface area contributed by atoms with Crippen LogP contribution in [0.2, 0.25) is 0 Å². The SMILES string of the molecule is COC(C)(C)CNC(=O)NCC(C)(O)CCC(C)C. The van der Waals surface area contributed by atoms with Gasteiger partial charge in [0.2, 0.25) is 0 Å². The first-order chi connectivity index (χ1) is 8.58. The van der Waals surface area contributed by atoms with E-state index in [0.29, 0.717) is 18.9 Å². The lowest BCUT2D eigenvalue weighted by atomic mass is 9.95. The van der Waals surface area contributed by atoms with Crippen molar-refractivity contribution < 1.29 is 14.6 Å². The van der Waals surface area contributed by atoms with Crippen LogP contribution in [0, 0.1) is 5.92 Å². The van der Waals surface area contributed by atoms with E-state index in [1.807, 2.05) is 13.8 Å². The van der Waals surface area contributed by atoms with E-state index in [2.05, 4.69) is 24.5 Å². The van der Waals surface area contributed by atoms with Gasteiger partial charge in [0.15, 0.2) is 0 Å². The summed E-state index contributed by atoms with van der Waals surface area (Å²) in [7, 11) is 1.61. The van der Waals surface area contributed by atoms with Gasteiger partial charge in [0.25, 0.3) is 0 Å². The lowest BCUT2D eigenvalue weighted by Gasteiger charge is -2.26. The average molecular weight is 274 g/mol. The van der Waals surface area contributed by atoms with E-state index in [4.69, 9.17) is 4.74 Å². The van der Waals surface area contributed by atoms with Crippen LogP contribution in [0.5, 0.6) is 0 Å². The van der Waals surface area contributed by atoms with E-state index in [9.17, 15) is 9.90 Å². The molecule has 0 aliphatic carbocycles. The van der Waals surface area contributed by atoms with Crippen LogP contribution in [0.15, 0.2) is 0 Å². The molecule has 5 nitrogen and oxygen atoms in total. The van der Waals surface area contributed by atoms with E-state index in [0.717, 1.165) is 6.42 Å². The number of aliphatic hydroxyl groups is 1. The minimum atomic E-state index is -0.863. The third-order valence-corrected chi connectivity index (χ3v) is 3.12. The van der Waals surface area contributed by atoms with Gasteiger partial charge in [-0.05, 0) is 39.5 Å². The Morgan fingerprint density at radius 1 is 1.21 bits per heavy atom. The predicted molar refractivity (Wildman–Crippen MR) is 77.2 cm³/mol. The molecule has 19 heavy (non-hydrogen) atoms. The van der Waals surface area contributed by atoms with Crippen LogP contribution in [0.1, 0.15) is 47.5 Å². The van der Waals surface area contributed by atoms with Gasteiger partial charge in [-0.25, -0.2) is 4.79 Å². The van der Waals surface area contributed by atoms with Crippen LogP contribution < -0.4 is 10.6 Å². The molecule has 3 N–H and O–H groups in total. The predicted octanol–water partition coefficient (Wildman–Crippen LogP) is 1.90. The third kappa shape index (κ3) is 9.73. The fraction of sp³-hybridized carbons (Fsp3) is 0.929. The number of hydrogen-bond donors (Lipinski definition) is 3. The molecule has 0 aliphatic heterocycles. The second-order valence-electron chi connectivity index (χ2n) is 6.43. The molecule has 1 unspecified atom stereocenters. The molecular weight excluding hydrogens is 244 g/mol. The molecule has 0 spiro atoms. The molecule has 114 valence electrons. The Balaban J connectivity index is 3.95. The molecule has 0 aromatic heterocycles. The van der Waals surface area contributed by atoms with Gasteiger partial charge in [0.05, 0.1) is 11.2 Å². The molecule has 0 heterocycles. The van der Waals surface area contributed by atoms with Gasteiger partial charge >= 0.3 is 6.03 Å². The van der Waals surface area contributed by atoms with Gasteiger partial charge in [-0.3, -0.25) is 0 Å². The quantitative estimate of drug-likeness (QED) is 0.633. The third-order valence-electron chi connectivity index (χ3n) is 3.12. The maximum Gasteiger partial charge on any atom is 0.314 e. The number of carbonyl (C=O) groups excluding carboxylic acids is 1. The average Bonchev–Trinajstić information content (AvgIpc) is 2.32. The number of carbonyl (C=O) groups is 1. The van der Waals surface area contributed by atoms with Crippen molar-refractivity contribution in [2.24, 2.45) is 5.92 Å². The highest BCUT2D eigenvalue weighted by Gasteiger charge is 2.22. The maximum absolute atomic E-state index is 11.6. The molecule has 0 rings (SSSR count). The summed E-state index contributed by atoms with van der Waals surface area (Å²) in [6.07, 6.45) is 1.61. The largest absolute Gasteiger partial charge is 0.388 e. The number of hydrogen-bond acceptors (Lipinski definition) is 3. The molecule has 0 radical (unpaired) electrons. The van der Waals surface area contributed by atoms with E-state index in [1.54, 1.807) is 14.0 Å². The second-order valence-corrected chi connectivity index (χ2v) is 6.43. The fourth-order valence-electron chi connectivity index (χ4n) is 1.39. The Morgan fingerprint density at radius 3 is 2.21 bits per heavy atom. The summed E-state index contributed by atoms with van der Waals surface area (Å²) in [6, 6.07) is -0.282. The van der Waals surface area contributed by atoms with Gasteiger partial charge in [0, 0.05) is 20.2 Å². The highest BCUT2D eigenvalue weighted by Crippen LogP contribution is 2.15. The molecule has 0 aromatic carbocycles. The highest BCUT2D eigenvalue weighted by molar-refractivity contribution is 5.73. The molecule has 0 bridgehead atoms. The first kappa shape index (κ1) is 18.2. The maximum atomic E-state index is 11.6. The van der Waals surface area contributed by atoms with E-state index < -0.39 is 11.2 Å². The number of nitrogens with one attached hydrogen (secondary N) is 2. The zero-order valence-electron chi connectivity index (χ0n) is 13.2. The van der Waals surface area contributed by atoms with Gasteiger partial charge in [-0.2, -0.15) is 0 Å².